The van der Waals surface area contributed by atoms with Crippen LogP contribution >= 0.6 is 0 Å². The number of halogens is 1. The van der Waals surface area contributed by atoms with Crippen LogP contribution in [0.1, 0.15) is 30.5 Å². The molecule has 1 aromatic heterocycles. The predicted molar refractivity (Wildman–Crippen MR) is 139 cm³/mol. The van der Waals surface area contributed by atoms with Crippen LogP contribution in [0.4, 0.5) is 21.6 Å². The number of rotatable bonds is 9. The Morgan fingerprint density at radius 3 is 2.46 bits per heavy atom. The zero-order valence-corrected chi connectivity index (χ0v) is 21.0. The van der Waals surface area contributed by atoms with Gasteiger partial charge in [-0.15, -0.1) is 0 Å². The number of hydrogen-bond donors (Lipinski definition) is 3. The Bertz CT molecular complexity index is 1360. The van der Waals surface area contributed by atoms with Crippen molar-refractivity contribution in [1.29, 1.82) is 5.41 Å². The maximum absolute atomic E-state index is 14.2. The lowest BCUT2D eigenvalue weighted by molar-refractivity contribution is 0.432. The molecule has 0 aliphatic rings. The number of anilines is 3. The van der Waals surface area contributed by atoms with Gasteiger partial charge in [0.1, 0.15) is 5.82 Å². The molecule has 0 unspecified atom stereocenters. The van der Waals surface area contributed by atoms with Crippen LogP contribution in [0.3, 0.4) is 0 Å². The summed E-state index contributed by atoms with van der Waals surface area (Å²) in [5.41, 5.74) is 9.85. The number of aryl methyl sites for hydroxylation is 1. The topological polar surface area (TPSA) is 124 Å². The molecule has 0 bridgehead atoms. The van der Waals surface area contributed by atoms with Crippen molar-refractivity contribution >= 4 is 33.4 Å². The molecule has 0 spiro atoms. The number of nitrogens with one attached hydrogen (secondary N) is 1. The third kappa shape index (κ3) is 5.37. The van der Waals surface area contributed by atoms with E-state index in [4.69, 9.17) is 16.1 Å². The van der Waals surface area contributed by atoms with Crippen LogP contribution in [0.15, 0.2) is 42.5 Å². The molecule has 1 heterocycles. The summed E-state index contributed by atoms with van der Waals surface area (Å²) in [6.45, 7) is 4.21. The molecule has 186 valence electrons. The summed E-state index contributed by atoms with van der Waals surface area (Å²) in [6, 6.07) is 11.4. The third-order valence-corrected chi connectivity index (χ3v) is 7.02. The highest BCUT2D eigenvalue weighted by Gasteiger charge is 2.21. The summed E-state index contributed by atoms with van der Waals surface area (Å²) in [5.74, 6) is -0.810. The van der Waals surface area contributed by atoms with Crippen molar-refractivity contribution in [2.24, 2.45) is 0 Å². The summed E-state index contributed by atoms with van der Waals surface area (Å²) >= 11 is 0. The first-order valence-corrected chi connectivity index (χ1v) is 13.0. The molecule has 0 radical (unpaired) electrons. The number of hydrogen-bond acceptors (Lipinski definition) is 7. The van der Waals surface area contributed by atoms with E-state index < -0.39 is 21.6 Å². The van der Waals surface area contributed by atoms with Crippen molar-refractivity contribution in [3.8, 4) is 17.0 Å². The fourth-order valence-electron chi connectivity index (χ4n) is 4.08. The van der Waals surface area contributed by atoms with Gasteiger partial charge in [0.15, 0.2) is 11.6 Å². The average molecular weight is 500 g/mol. The molecule has 4 N–H and O–H groups in total. The number of nitrogen functional groups attached to an aromatic ring is 1. The van der Waals surface area contributed by atoms with E-state index in [2.05, 4.69) is 0 Å². The molecule has 0 saturated heterocycles. The van der Waals surface area contributed by atoms with Crippen LogP contribution < -0.4 is 14.9 Å². The lowest BCUT2D eigenvalue weighted by atomic mass is 10.00. The predicted octanol–water partition coefficient (Wildman–Crippen LogP) is 4.16. The minimum Gasteiger partial charge on any atom is -0.505 e. The van der Waals surface area contributed by atoms with E-state index in [1.165, 1.54) is 16.4 Å². The number of aromatic nitrogens is 1. The van der Waals surface area contributed by atoms with Crippen molar-refractivity contribution in [2.45, 2.75) is 26.8 Å². The van der Waals surface area contributed by atoms with Gasteiger partial charge in [-0.05, 0) is 48.7 Å². The van der Waals surface area contributed by atoms with Crippen molar-refractivity contribution in [3.63, 3.8) is 0 Å². The van der Waals surface area contributed by atoms with Crippen LogP contribution in [0.2, 0.25) is 0 Å². The second kappa shape index (κ2) is 10.3. The number of benzene rings is 2. The fraction of sp³-hybridized carbons (Fsp3) is 0.280. The summed E-state index contributed by atoms with van der Waals surface area (Å²) in [4.78, 5) is 6.48. The van der Waals surface area contributed by atoms with E-state index in [1.807, 2.05) is 19.1 Å². The normalized spacial score (nSPS) is 11.3. The van der Waals surface area contributed by atoms with E-state index >= 15 is 0 Å². The van der Waals surface area contributed by atoms with Gasteiger partial charge >= 0.3 is 0 Å². The summed E-state index contributed by atoms with van der Waals surface area (Å²) in [6.07, 6.45) is 2.81. The number of nitrogens with two attached hydrogens (primary N) is 1. The number of phenols is 1. The number of sulfonamides is 1. The molecule has 2 aromatic carbocycles. The molecule has 0 fully saturated rings. The number of phenolic OH excluding ortho intramolecular Hbond substituents is 1. The summed E-state index contributed by atoms with van der Waals surface area (Å²) in [5, 5.41) is 17.7. The van der Waals surface area contributed by atoms with Crippen LogP contribution in [-0.4, -0.2) is 44.6 Å². The van der Waals surface area contributed by atoms with Crippen molar-refractivity contribution in [3.05, 3.63) is 65.0 Å². The highest BCUT2D eigenvalue weighted by atomic mass is 32.2. The molecule has 0 amide bonds. The monoisotopic (exact) mass is 499 g/mol. The zero-order valence-electron chi connectivity index (χ0n) is 20.2. The maximum Gasteiger partial charge on any atom is 0.232 e. The molecule has 3 rings (SSSR count). The van der Waals surface area contributed by atoms with Gasteiger partial charge in [-0.3, -0.25) is 4.31 Å². The lowest BCUT2D eigenvalue weighted by Crippen LogP contribution is -2.31. The highest BCUT2D eigenvalue weighted by molar-refractivity contribution is 7.92. The first-order valence-electron chi connectivity index (χ1n) is 11.1. The van der Waals surface area contributed by atoms with E-state index in [1.54, 1.807) is 37.1 Å². The van der Waals surface area contributed by atoms with Gasteiger partial charge in [0.25, 0.3) is 0 Å². The Labute approximate surface area is 205 Å². The number of aromatic hydroxyl groups is 1. The van der Waals surface area contributed by atoms with Gasteiger partial charge in [0.05, 0.1) is 23.2 Å². The second-order valence-corrected chi connectivity index (χ2v) is 10.1. The maximum atomic E-state index is 14.2. The van der Waals surface area contributed by atoms with Gasteiger partial charge in [0, 0.05) is 37.6 Å². The van der Waals surface area contributed by atoms with Gasteiger partial charge < -0.3 is 21.1 Å². The molecule has 35 heavy (non-hydrogen) atoms. The standard InChI is InChI=1S/C25H30FN5O3S/c1-5-16-11-24(32)20(26)12-18(16)22-13-21(28)19(14-27)25(29-22)30(3)15-17-9-7-8-10-23(17)31(6-2)35(4,33)34/h7-14,27,32H,5-6,15H2,1-4H3,(H2,28,29). The van der Waals surface area contributed by atoms with Gasteiger partial charge in [0.2, 0.25) is 10.0 Å². The van der Waals surface area contributed by atoms with Crippen LogP contribution in [0.5, 0.6) is 5.75 Å². The Morgan fingerprint density at radius 1 is 1.17 bits per heavy atom. The fourth-order valence-corrected chi connectivity index (χ4v) is 5.08. The Hall–Kier alpha value is -3.66. The first kappa shape index (κ1) is 26.0. The van der Waals surface area contributed by atoms with E-state index in [9.17, 15) is 17.9 Å². The van der Waals surface area contributed by atoms with Crippen LogP contribution in [-0.2, 0) is 23.0 Å². The Kier molecular flexibility index (Phi) is 7.64. The van der Waals surface area contributed by atoms with E-state index in [-0.39, 0.29) is 13.1 Å². The molecule has 0 atom stereocenters. The van der Waals surface area contributed by atoms with Crippen LogP contribution in [0, 0.1) is 11.2 Å². The number of nitrogens with zero attached hydrogens (tertiary/aromatic N) is 3. The lowest BCUT2D eigenvalue weighted by Gasteiger charge is -2.27. The van der Waals surface area contributed by atoms with Crippen molar-refractivity contribution < 1.29 is 17.9 Å². The molecule has 0 aliphatic carbocycles. The molecule has 3 aromatic rings. The SMILES string of the molecule is CCc1cc(O)c(F)cc1-c1cc(N)c(C=N)c(N(C)Cc2ccccc2N(CC)S(C)(=O)=O)n1. The minimum absolute atomic E-state index is 0.276. The molecular weight excluding hydrogens is 469 g/mol. The minimum atomic E-state index is -3.48. The van der Waals surface area contributed by atoms with Crippen LogP contribution in [0.25, 0.3) is 11.3 Å². The molecule has 8 nitrogen and oxygen atoms in total. The summed E-state index contributed by atoms with van der Waals surface area (Å²) < 4.78 is 40.2. The third-order valence-electron chi connectivity index (χ3n) is 5.76. The quantitative estimate of drug-likeness (QED) is 0.380. The summed E-state index contributed by atoms with van der Waals surface area (Å²) in [7, 11) is -1.71. The Morgan fingerprint density at radius 2 is 1.86 bits per heavy atom. The number of para-hydroxylation sites is 1. The molecular formula is C25H30FN5O3S. The largest absolute Gasteiger partial charge is 0.505 e. The van der Waals surface area contributed by atoms with Gasteiger partial charge in [-0.25, -0.2) is 17.8 Å². The highest BCUT2D eigenvalue weighted by Crippen LogP contribution is 2.34. The van der Waals surface area contributed by atoms with E-state index in [0.717, 1.165) is 18.0 Å². The van der Waals surface area contributed by atoms with Crippen molar-refractivity contribution in [2.75, 3.05) is 34.8 Å². The smallest absolute Gasteiger partial charge is 0.232 e. The zero-order chi connectivity index (χ0) is 25.9. The van der Waals surface area contributed by atoms with Gasteiger partial charge in [-0.2, -0.15) is 0 Å². The average Bonchev–Trinajstić information content (AvgIpc) is 2.80. The number of pyridine rings is 1. The van der Waals surface area contributed by atoms with Crippen molar-refractivity contribution in [1.82, 2.24) is 4.98 Å². The second-order valence-electron chi connectivity index (χ2n) is 8.21. The molecule has 0 saturated carbocycles. The van der Waals surface area contributed by atoms with E-state index in [0.29, 0.717) is 46.0 Å². The van der Waals surface area contributed by atoms with Gasteiger partial charge in [-0.1, -0.05) is 25.1 Å². The molecule has 0 aliphatic heterocycles. The molecule has 10 heteroatoms. The Balaban J connectivity index is 2.12. The first-order chi connectivity index (χ1) is 16.5.